The summed E-state index contributed by atoms with van der Waals surface area (Å²) in [6.07, 6.45) is 1.48. The third-order valence-electron chi connectivity index (χ3n) is 3.53. The van der Waals surface area contributed by atoms with E-state index in [2.05, 4.69) is 12.1 Å². The zero-order chi connectivity index (χ0) is 12.5. The van der Waals surface area contributed by atoms with Gasteiger partial charge in [0.1, 0.15) is 0 Å². The van der Waals surface area contributed by atoms with Crippen LogP contribution in [0.5, 0.6) is 0 Å². The van der Waals surface area contributed by atoms with Crippen LogP contribution in [0.4, 0.5) is 0 Å². The van der Waals surface area contributed by atoms with Gasteiger partial charge in [0.25, 0.3) is 0 Å². The molecule has 1 unspecified atom stereocenters. The van der Waals surface area contributed by atoms with Crippen LogP contribution in [0.2, 0.25) is 0 Å². The third-order valence-corrected chi connectivity index (χ3v) is 3.53. The summed E-state index contributed by atoms with van der Waals surface area (Å²) < 4.78 is 4.93. The van der Waals surface area contributed by atoms with Crippen LogP contribution >= 0.6 is 0 Å². The molecule has 0 fully saturated rings. The fourth-order valence-electron chi connectivity index (χ4n) is 2.40. The Kier molecular flexibility index (Phi) is 3.20. The minimum absolute atomic E-state index is 0.0843. The summed E-state index contributed by atoms with van der Waals surface area (Å²) in [5, 5.41) is 10.3. The molecule has 0 aliphatic heterocycles. The lowest BCUT2D eigenvalue weighted by atomic mass is 9.87. The Morgan fingerprint density at radius 3 is 2.41 bits per heavy atom. The standard InChI is InChI=1S/C14H18O3/c1-3-17-13(15)14(2,16)12-8-10-6-4-5-7-11(10)9-12/h4-7,12,16H,3,8-9H2,1-2H3. The fourth-order valence-corrected chi connectivity index (χ4v) is 2.40. The highest BCUT2D eigenvalue weighted by Gasteiger charge is 2.43. The maximum atomic E-state index is 11.7. The van der Waals surface area contributed by atoms with Crippen LogP contribution in [0, 0.1) is 5.92 Å². The SMILES string of the molecule is CCOC(=O)C(C)(O)C1Cc2ccccc2C1. The van der Waals surface area contributed by atoms with Gasteiger partial charge in [-0.1, -0.05) is 24.3 Å². The van der Waals surface area contributed by atoms with Crippen molar-refractivity contribution < 1.29 is 14.6 Å². The summed E-state index contributed by atoms with van der Waals surface area (Å²) in [7, 11) is 0. The smallest absolute Gasteiger partial charge is 0.338 e. The summed E-state index contributed by atoms with van der Waals surface area (Å²) in [6.45, 7) is 3.60. The van der Waals surface area contributed by atoms with Crippen molar-refractivity contribution in [2.24, 2.45) is 5.92 Å². The molecular formula is C14H18O3. The van der Waals surface area contributed by atoms with Crippen molar-refractivity contribution in [3.05, 3.63) is 35.4 Å². The molecule has 0 saturated carbocycles. The highest BCUT2D eigenvalue weighted by molar-refractivity contribution is 5.79. The van der Waals surface area contributed by atoms with Crippen molar-refractivity contribution in [3.63, 3.8) is 0 Å². The van der Waals surface area contributed by atoms with Gasteiger partial charge in [-0.2, -0.15) is 0 Å². The lowest BCUT2D eigenvalue weighted by molar-refractivity contribution is -0.168. The molecule has 0 amide bonds. The molecule has 17 heavy (non-hydrogen) atoms. The van der Waals surface area contributed by atoms with Crippen molar-refractivity contribution in [2.75, 3.05) is 6.61 Å². The summed E-state index contributed by atoms with van der Waals surface area (Å²) in [5.74, 6) is -0.600. The Morgan fingerprint density at radius 1 is 1.41 bits per heavy atom. The first-order chi connectivity index (χ1) is 8.05. The molecule has 0 aromatic heterocycles. The second kappa shape index (κ2) is 4.49. The summed E-state index contributed by atoms with van der Waals surface area (Å²) >= 11 is 0. The van der Waals surface area contributed by atoms with Gasteiger partial charge in [-0.25, -0.2) is 4.79 Å². The van der Waals surface area contributed by atoms with E-state index < -0.39 is 11.6 Å². The Hall–Kier alpha value is -1.35. The lowest BCUT2D eigenvalue weighted by Crippen LogP contribution is -2.44. The average molecular weight is 234 g/mol. The van der Waals surface area contributed by atoms with E-state index in [9.17, 15) is 9.90 Å². The van der Waals surface area contributed by atoms with Crippen LogP contribution in [-0.4, -0.2) is 23.3 Å². The maximum absolute atomic E-state index is 11.7. The molecule has 1 aromatic rings. The van der Waals surface area contributed by atoms with Crippen LogP contribution in [0.3, 0.4) is 0 Å². The average Bonchev–Trinajstić information content (AvgIpc) is 2.73. The van der Waals surface area contributed by atoms with Crippen LogP contribution < -0.4 is 0 Å². The number of carbonyl (C=O) groups is 1. The van der Waals surface area contributed by atoms with Crippen molar-refractivity contribution in [1.82, 2.24) is 0 Å². The fraction of sp³-hybridized carbons (Fsp3) is 0.500. The first-order valence-electron chi connectivity index (χ1n) is 6.02. The van der Waals surface area contributed by atoms with Crippen LogP contribution in [0.25, 0.3) is 0 Å². The summed E-state index contributed by atoms with van der Waals surface area (Å²) in [4.78, 5) is 11.7. The van der Waals surface area contributed by atoms with E-state index in [0.717, 1.165) is 12.8 Å². The van der Waals surface area contributed by atoms with E-state index in [1.807, 2.05) is 12.1 Å². The molecule has 2 rings (SSSR count). The van der Waals surface area contributed by atoms with E-state index in [1.165, 1.54) is 11.1 Å². The molecular weight excluding hydrogens is 216 g/mol. The Bertz CT molecular complexity index is 398. The van der Waals surface area contributed by atoms with Gasteiger partial charge < -0.3 is 9.84 Å². The minimum atomic E-state index is -1.39. The number of hydrogen-bond acceptors (Lipinski definition) is 3. The van der Waals surface area contributed by atoms with E-state index >= 15 is 0 Å². The summed E-state index contributed by atoms with van der Waals surface area (Å²) in [5.41, 5.74) is 1.05. The number of ether oxygens (including phenoxy) is 1. The molecule has 0 heterocycles. The number of carbonyl (C=O) groups excluding carboxylic acids is 1. The van der Waals surface area contributed by atoms with E-state index in [4.69, 9.17) is 4.74 Å². The normalized spacial score (nSPS) is 18.5. The molecule has 1 N–H and O–H groups in total. The monoisotopic (exact) mass is 234 g/mol. The first kappa shape index (κ1) is 12.1. The first-order valence-corrected chi connectivity index (χ1v) is 6.02. The third kappa shape index (κ3) is 2.20. The number of benzene rings is 1. The molecule has 1 aliphatic rings. The van der Waals surface area contributed by atoms with Gasteiger partial charge in [0.15, 0.2) is 5.60 Å². The van der Waals surface area contributed by atoms with Crippen molar-refractivity contribution in [3.8, 4) is 0 Å². The van der Waals surface area contributed by atoms with Crippen molar-refractivity contribution in [2.45, 2.75) is 32.3 Å². The van der Waals surface area contributed by atoms with E-state index in [-0.39, 0.29) is 5.92 Å². The van der Waals surface area contributed by atoms with Crippen LogP contribution in [0.1, 0.15) is 25.0 Å². The Labute approximate surface area is 101 Å². The van der Waals surface area contributed by atoms with Crippen molar-refractivity contribution in [1.29, 1.82) is 0 Å². The van der Waals surface area contributed by atoms with Gasteiger partial charge in [-0.15, -0.1) is 0 Å². The van der Waals surface area contributed by atoms with Gasteiger partial charge in [-0.05, 0) is 37.8 Å². The number of aliphatic hydroxyl groups is 1. The van der Waals surface area contributed by atoms with Gasteiger partial charge >= 0.3 is 5.97 Å². The number of rotatable bonds is 3. The lowest BCUT2D eigenvalue weighted by Gasteiger charge is -2.27. The van der Waals surface area contributed by atoms with Gasteiger partial charge in [0.05, 0.1) is 6.61 Å². The predicted octanol–water partition coefficient (Wildman–Crippen LogP) is 1.72. The number of hydrogen-bond donors (Lipinski definition) is 1. The number of esters is 1. The van der Waals surface area contributed by atoms with Crippen molar-refractivity contribution >= 4 is 5.97 Å². The highest BCUT2D eigenvalue weighted by Crippen LogP contribution is 2.34. The maximum Gasteiger partial charge on any atom is 0.338 e. The zero-order valence-corrected chi connectivity index (χ0v) is 10.3. The molecule has 0 bridgehead atoms. The quantitative estimate of drug-likeness (QED) is 0.810. The molecule has 3 heteroatoms. The second-order valence-corrected chi connectivity index (χ2v) is 4.74. The Balaban J connectivity index is 2.14. The molecule has 1 aliphatic carbocycles. The van der Waals surface area contributed by atoms with Crippen LogP contribution in [-0.2, 0) is 22.4 Å². The van der Waals surface area contributed by atoms with Gasteiger partial charge in [0, 0.05) is 5.92 Å². The predicted molar refractivity (Wildman–Crippen MR) is 64.6 cm³/mol. The number of fused-ring (bicyclic) bond motifs is 1. The van der Waals surface area contributed by atoms with E-state index in [0.29, 0.717) is 6.61 Å². The zero-order valence-electron chi connectivity index (χ0n) is 10.3. The molecule has 92 valence electrons. The topological polar surface area (TPSA) is 46.5 Å². The summed E-state index contributed by atoms with van der Waals surface area (Å²) in [6, 6.07) is 8.08. The molecule has 1 aromatic carbocycles. The van der Waals surface area contributed by atoms with Gasteiger partial charge in [0.2, 0.25) is 0 Å². The van der Waals surface area contributed by atoms with Gasteiger partial charge in [-0.3, -0.25) is 0 Å². The van der Waals surface area contributed by atoms with Crippen LogP contribution in [0.15, 0.2) is 24.3 Å². The minimum Gasteiger partial charge on any atom is -0.464 e. The Morgan fingerprint density at radius 2 is 1.94 bits per heavy atom. The van der Waals surface area contributed by atoms with E-state index in [1.54, 1.807) is 13.8 Å². The second-order valence-electron chi connectivity index (χ2n) is 4.74. The largest absolute Gasteiger partial charge is 0.464 e. The highest BCUT2D eigenvalue weighted by atomic mass is 16.5. The molecule has 1 atom stereocenters. The molecule has 0 radical (unpaired) electrons. The molecule has 0 spiro atoms. The molecule has 0 saturated heterocycles. The molecule has 3 nitrogen and oxygen atoms in total.